The van der Waals surface area contributed by atoms with E-state index in [0.717, 1.165) is 5.75 Å². The summed E-state index contributed by atoms with van der Waals surface area (Å²) in [6, 6.07) is 0. The monoisotopic (exact) mass is 282 g/mol. The van der Waals surface area contributed by atoms with Crippen LogP contribution in [-0.2, 0) is 0 Å². The molecule has 0 atom stereocenters. The minimum atomic E-state index is -0.410. The lowest BCUT2D eigenvalue weighted by Crippen LogP contribution is -2.05. The Morgan fingerprint density at radius 1 is 1.53 bits per heavy atom. The van der Waals surface area contributed by atoms with Gasteiger partial charge in [-0.05, 0) is 25.7 Å². The molecule has 1 aromatic rings. The lowest BCUT2D eigenvalue weighted by Gasteiger charge is -2.09. The first-order valence-electron chi connectivity index (χ1n) is 6.58. The quantitative estimate of drug-likeness (QED) is 0.374. The predicted octanol–water partition coefficient (Wildman–Crippen LogP) is 3.10. The standard InChI is InChI=1S/C12H18N4O2S/c1-2-13-12-14-7-10(16(17)18)11(15-12)19-8-9-5-3-4-6-9/h7,9H,2-6,8H2,1H3,(H,13,14,15). The summed E-state index contributed by atoms with van der Waals surface area (Å²) in [7, 11) is 0. The Morgan fingerprint density at radius 2 is 2.26 bits per heavy atom. The van der Waals surface area contributed by atoms with Gasteiger partial charge < -0.3 is 5.32 Å². The number of anilines is 1. The third-order valence-corrected chi connectivity index (χ3v) is 4.41. The average molecular weight is 282 g/mol. The number of nitrogens with one attached hydrogen (secondary N) is 1. The summed E-state index contributed by atoms with van der Waals surface area (Å²) in [4.78, 5) is 18.8. The Bertz CT molecular complexity index is 449. The van der Waals surface area contributed by atoms with Gasteiger partial charge in [-0.2, -0.15) is 4.98 Å². The summed E-state index contributed by atoms with van der Waals surface area (Å²) in [5.74, 6) is 2.04. The Hall–Kier alpha value is -1.37. The molecular weight excluding hydrogens is 264 g/mol. The highest BCUT2D eigenvalue weighted by Gasteiger charge is 2.21. The van der Waals surface area contributed by atoms with Gasteiger partial charge >= 0.3 is 5.69 Å². The molecule has 1 aliphatic carbocycles. The SMILES string of the molecule is CCNc1ncc([N+](=O)[O-])c(SCC2CCCC2)n1. The molecule has 0 aliphatic heterocycles. The van der Waals surface area contributed by atoms with Gasteiger partial charge in [0.05, 0.1) is 4.92 Å². The molecule has 1 fully saturated rings. The number of aromatic nitrogens is 2. The zero-order valence-corrected chi connectivity index (χ0v) is 11.8. The van der Waals surface area contributed by atoms with Crippen molar-refractivity contribution in [2.45, 2.75) is 37.6 Å². The molecule has 0 bridgehead atoms. The fraction of sp³-hybridized carbons (Fsp3) is 0.667. The largest absolute Gasteiger partial charge is 0.354 e. The Morgan fingerprint density at radius 3 is 2.89 bits per heavy atom. The molecule has 1 saturated carbocycles. The number of nitrogens with zero attached hydrogens (tertiary/aromatic N) is 3. The molecule has 6 nitrogen and oxygen atoms in total. The van der Waals surface area contributed by atoms with Crippen molar-refractivity contribution in [1.29, 1.82) is 0 Å². The van der Waals surface area contributed by atoms with E-state index in [1.54, 1.807) is 0 Å². The van der Waals surface area contributed by atoms with Gasteiger partial charge in [-0.1, -0.05) is 24.6 Å². The summed E-state index contributed by atoms with van der Waals surface area (Å²) in [6.07, 6.45) is 6.30. The van der Waals surface area contributed by atoms with Crippen LogP contribution in [0.25, 0.3) is 0 Å². The number of thioether (sulfide) groups is 1. The van der Waals surface area contributed by atoms with Crippen LogP contribution in [0.4, 0.5) is 11.6 Å². The number of rotatable bonds is 6. The van der Waals surface area contributed by atoms with Crippen LogP contribution in [0.15, 0.2) is 11.2 Å². The van der Waals surface area contributed by atoms with Crippen LogP contribution in [-0.4, -0.2) is 27.2 Å². The molecule has 0 saturated heterocycles. The summed E-state index contributed by atoms with van der Waals surface area (Å²) >= 11 is 1.48. The van der Waals surface area contributed by atoms with E-state index in [1.807, 2.05) is 6.92 Å². The normalized spacial score (nSPS) is 15.6. The lowest BCUT2D eigenvalue weighted by molar-refractivity contribution is -0.388. The second-order valence-electron chi connectivity index (χ2n) is 4.63. The molecule has 0 aromatic carbocycles. The molecule has 19 heavy (non-hydrogen) atoms. The summed E-state index contributed by atoms with van der Waals surface area (Å²) < 4.78 is 0. The van der Waals surface area contributed by atoms with Crippen molar-refractivity contribution < 1.29 is 4.92 Å². The molecule has 1 aromatic heterocycles. The molecule has 0 unspecified atom stereocenters. The summed E-state index contributed by atoms with van der Waals surface area (Å²) in [5, 5.41) is 14.4. The van der Waals surface area contributed by atoms with Crippen molar-refractivity contribution >= 4 is 23.4 Å². The van der Waals surface area contributed by atoms with Crippen LogP contribution >= 0.6 is 11.8 Å². The molecule has 1 N–H and O–H groups in total. The Kier molecular flexibility index (Phi) is 4.95. The van der Waals surface area contributed by atoms with Crippen molar-refractivity contribution in [3.05, 3.63) is 16.3 Å². The predicted molar refractivity (Wildman–Crippen MR) is 75.5 cm³/mol. The molecule has 7 heteroatoms. The fourth-order valence-corrected chi connectivity index (χ4v) is 3.36. The van der Waals surface area contributed by atoms with E-state index in [4.69, 9.17) is 0 Å². The topological polar surface area (TPSA) is 81.0 Å². The maximum Gasteiger partial charge on any atom is 0.319 e. The second kappa shape index (κ2) is 6.70. The average Bonchev–Trinajstić information content (AvgIpc) is 2.89. The van der Waals surface area contributed by atoms with Crippen molar-refractivity contribution in [3.8, 4) is 0 Å². The number of nitro groups is 1. The van der Waals surface area contributed by atoms with Gasteiger partial charge in [0.2, 0.25) is 5.95 Å². The zero-order valence-electron chi connectivity index (χ0n) is 11.0. The van der Waals surface area contributed by atoms with Gasteiger partial charge in [-0.3, -0.25) is 10.1 Å². The molecular formula is C12H18N4O2S. The Labute approximate surface area is 116 Å². The number of hydrogen-bond donors (Lipinski definition) is 1. The van der Waals surface area contributed by atoms with Crippen LogP contribution in [0, 0.1) is 16.0 Å². The van der Waals surface area contributed by atoms with Crippen LogP contribution < -0.4 is 5.32 Å². The van der Waals surface area contributed by atoms with Crippen LogP contribution in [0.1, 0.15) is 32.6 Å². The smallest absolute Gasteiger partial charge is 0.319 e. The zero-order chi connectivity index (χ0) is 13.7. The van der Waals surface area contributed by atoms with Gasteiger partial charge in [0.25, 0.3) is 0 Å². The molecule has 0 spiro atoms. The lowest BCUT2D eigenvalue weighted by atomic mass is 10.1. The summed E-state index contributed by atoms with van der Waals surface area (Å²) in [5.41, 5.74) is 0.00431. The highest BCUT2D eigenvalue weighted by molar-refractivity contribution is 7.99. The van der Waals surface area contributed by atoms with Gasteiger partial charge in [-0.25, -0.2) is 4.98 Å². The van der Waals surface area contributed by atoms with E-state index >= 15 is 0 Å². The maximum absolute atomic E-state index is 11.0. The van der Waals surface area contributed by atoms with Crippen molar-refractivity contribution in [3.63, 3.8) is 0 Å². The van der Waals surface area contributed by atoms with Gasteiger partial charge in [-0.15, -0.1) is 0 Å². The molecule has 1 heterocycles. The first-order valence-corrected chi connectivity index (χ1v) is 7.57. The van der Waals surface area contributed by atoms with Crippen molar-refractivity contribution in [2.24, 2.45) is 5.92 Å². The van der Waals surface area contributed by atoms with Gasteiger partial charge in [0.15, 0.2) is 5.03 Å². The van der Waals surface area contributed by atoms with E-state index in [0.29, 0.717) is 23.4 Å². The maximum atomic E-state index is 11.0. The molecule has 0 amide bonds. The van der Waals surface area contributed by atoms with Crippen LogP contribution in [0.3, 0.4) is 0 Å². The van der Waals surface area contributed by atoms with E-state index in [-0.39, 0.29) is 5.69 Å². The van der Waals surface area contributed by atoms with Crippen LogP contribution in [0.2, 0.25) is 0 Å². The molecule has 104 valence electrons. The van der Waals surface area contributed by atoms with E-state index in [1.165, 1.54) is 43.6 Å². The molecule has 1 aliphatic rings. The minimum absolute atomic E-state index is 0.00431. The van der Waals surface area contributed by atoms with Gasteiger partial charge in [0.1, 0.15) is 6.20 Å². The van der Waals surface area contributed by atoms with Crippen LogP contribution in [0.5, 0.6) is 0 Å². The fourth-order valence-electron chi connectivity index (χ4n) is 2.21. The third-order valence-electron chi connectivity index (χ3n) is 3.20. The van der Waals surface area contributed by atoms with Crippen molar-refractivity contribution in [1.82, 2.24) is 9.97 Å². The van der Waals surface area contributed by atoms with E-state index < -0.39 is 4.92 Å². The first kappa shape index (κ1) is 14.0. The molecule has 2 rings (SSSR count). The van der Waals surface area contributed by atoms with E-state index in [9.17, 15) is 10.1 Å². The highest BCUT2D eigenvalue weighted by Crippen LogP contribution is 2.33. The summed E-state index contributed by atoms with van der Waals surface area (Å²) in [6.45, 7) is 2.64. The molecule has 0 radical (unpaired) electrons. The highest BCUT2D eigenvalue weighted by atomic mass is 32.2. The van der Waals surface area contributed by atoms with Gasteiger partial charge in [0, 0.05) is 12.3 Å². The first-order chi connectivity index (χ1) is 9.20. The minimum Gasteiger partial charge on any atom is -0.354 e. The Balaban J connectivity index is 2.09. The van der Waals surface area contributed by atoms with E-state index in [2.05, 4.69) is 15.3 Å². The third kappa shape index (κ3) is 3.79. The van der Waals surface area contributed by atoms with Crippen molar-refractivity contribution in [2.75, 3.05) is 17.6 Å². The number of hydrogen-bond acceptors (Lipinski definition) is 6. The second-order valence-corrected chi connectivity index (χ2v) is 5.64.